The Kier molecular flexibility index (Phi) is 3.50. The summed E-state index contributed by atoms with van der Waals surface area (Å²) >= 11 is 17.5. The van der Waals surface area contributed by atoms with Gasteiger partial charge in [-0.15, -0.1) is 9.20 Å². The van der Waals surface area contributed by atoms with Crippen LogP contribution in [0.5, 0.6) is 0 Å². The Labute approximate surface area is 130 Å². The van der Waals surface area contributed by atoms with Gasteiger partial charge >= 0.3 is 5.65 Å². The Morgan fingerprint density at radius 2 is 2.15 bits per heavy atom. The summed E-state index contributed by atoms with van der Waals surface area (Å²) in [6, 6.07) is 7.34. The smallest absolute Gasteiger partial charge is 0.249 e. The molecule has 0 spiro atoms. The van der Waals surface area contributed by atoms with Gasteiger partial charge in [-0.2, -0.15) is 0 Å². The van der Waals surface area contributed by atoms with E-state index in [0.717, 1.165) is 21.4 Å². The molecule has 3 rings (SSSR count). The van der Waals surface area contributed by atoms with Crippen molar-refractivity contribution in [1.29, 1.82) is 0 Å². The summed E-state index contributed by atoms with van der Waals surface area (Å²) in [5.41, 5.74) is 2.75. The third-order valence-corrected chi connectivity index (χ3v) is 3.87. The maximum absolute atomic E-state index is 6.20. The van der Waals surface area contributed by atoms with Crippen molar-refractivity contribution in [3.05, 3.63) is 56.4 Å². The molecule has 0 radical (unpaired) electrons. The zero-order valence-corrected chi connectivity index (χ0v) is 12.9. The number of nitrogens with one attached hydrogen (secondary N) is 1. The molecule has 20 heavy (non-hydrogen) atoms. The normalized spacial score (nSPS) is 11.2. The lowest BCUT2D eigenvalue weighted by Gasteiger charge is -2.01. The van der Waals surface area contributed by atoms with Gasteiger partial charge in [0.05, 0.1) is 0 Å². The highest BCUT2D eigenvalue weighted by atomic mass is 35.5. The van der Waals surface area contributed by atoms with Gasteiger partial charge < -0.3 is 0 Å². The maximum atomic E-state index is 6.20. The molecule has 3 aromatic rings. The summed E-state index contributed by atoms with van der Waals surface area (Å²) in [5, 5.41) is 8.75. The van der Waals surface area contributed by atoms with E-state index in [0.29, 0.717) is 16.6 Å². The van der Waals surface area contributed by atoms with Crippen molar-refractivity contribution >= 4 is 41.1 Å². The average Bonchev–Trinajstić information content (AvgIpc) is 2.76. The Morgan fingerprint density at radius 1 is 1.35 bits per heavy atom. The van der Waals surface area contributed by atoms with Crippen LogP contribution in [0.3, 0.4) is 0 Å². The first-order valence-corrected chi connectivity index (χ1v) is 7.12. The summed E-state index contributed by atoms with van der Waals surface area (Å²) in [6.07, 6.45) is 1.70. The fourth-order valence-electron chi connectivity index (χ4n) is 2.09. The van der Waals surface area contributed by atoms with Crippen LogP contribution in [0, 0.1) is 11.4 Å². The predicted octanol–water partition coefficient (Wildman–Crippen LogP) is 3.34. The lowest BCUT2D eigenvalue weighted by Crippen LogP contribution is -2.26. The number of hydrogen-bond acceptors (Lipinski definition) is 2. The minimum atomic E-state index is 0.535. The highest BCUT2D eigenvalue weighted by Crippen LogP contribution is 2.21. The zero-order valence-electron chi connectivity index (χ0n) is 10.6. The average molecular weight is 326 g/mol. The lowest BCUT2D eigenvalue weighted by molar-refractivity contribution is -0.582. The molecule has 0 atom stereocenters. The number of nitrogens with zero attached hydrogens (tertiary/aromatic N) is 3. The van der Waals surface area contributed by atoms with Gasteiger partial charge in [-0.25, -0.2) is 5.10 Å². The molecular formula is C13H11Cl2N4S+. The number of halogens is 2. The maximum Gasteiger partial charge on any atom is 0.301 e. The summed E-state index contributed by atoms with van der Waals surface area (Å²) in [4.78, 5) is 0. The van der Waals surface area contributed by atoms with Crippen molar-refractivity contribution < 1.29 is 4.52 Å². The third-order valence-electron chi connectivity index (χ3n) is 2.98. The van der Waals surface area contributed by atoms with Gasteiger partial charge in [0.15, 0.2) is 0 Å². The van der Waals surface area contributed by atoms with Crippen molar-refractivity contribution in [2.75, 3.05) is 0 Å². The topological polar surface area (TPSA) is 37.7 Å². The van der Waals surface area contributed by atoms with Crippen LogP contribution in [0.15, 0.2) is 30.6 Å². The second-order valence-corrected chi connectivity index (χ2v) is 5.80. The molecule has 1 aromatic carbocycles. The number of fused-ring (bicyclic) bond motifs is 1. The highest BCUT2D eigenvalue weighted by molar-refractivity contribution is 7.71. The van der Waals surface area contributed by atoms with Gasteiger partial charge in [0, 0.05) is 26.4 Å². The standard InChI is InChI=1S/C13H10Cl2N4S/c1-8-4-12(20)13-18(16-7-19(13)17-8)6-9-2-3-10(14)5-11(9)15/h2-5,7H,6H2,1H3/p+1. The lowest BCUT2D eigenvalue weighted by atomic mass is 10.2. The molecule has 7 heteroatoms. The van der Waals surface area contributed by atoms with Gasteiger partial charge in [-0.3, -0.25) is 0 Å². The van der Waals surface area contributed by atoms with E-state index < -0.39 is 0 Å². The van der Waals surface area contributed by atoms with Crippen molar-refractivity contribution in [2.24, 2.45) is 0 Å². The van der Waals surface area contributed by atoms with Crippen LogP contribution in [0.4, 0.5) is 0 Å². The molecule has 1 N–H and O–H groups in total. The van der Waals surface area contributed by atoms with E-state index in [1.807, 2.05) is 34.3 Å². The number of H-pyrrole nitrogens is 1. The number of rotatable bonds is 2. The highest BCUT2D eigenvalue weighted by Gasteiger charge is 2.15. The third kappa shape index (κ3) is 2.44. The molecule has 0 aliphatic heterocycles. The quantitative estimate of drug-likeness (QED) is 0.579. The number of aromatic amines is 1. The SMILES string of the molecule is Cc1cc(=S)c2n(Cc3ccc(Cl)cc3Cl)nc[n+]2[nH]1. The Bertz CT molecular complexity index is 853. The van der Waals surface area contributed by atoms with Crippen LogP contribution in [0.2, 0.25) is 10.0 Å². The van der Waals surface area contributed by atoms with E-state index in [2.05, 4.69) is 10.2 Å². The van der Waals surface area contributed by atoms with Gasteiger partial charge in [-0.05, 0) is 25.1 Å². The molecule has 0 saturated carbocycles. The molecule has 0 aliphatic carbocycles. The largest absolute Gasteiger partial charge is 0.301 e. The second-order valence-electron chi connectivity index (χ2n) is 4.52. The Balaban J connectivity index is 2.09. The fraction of sp³-hybridized carbons (Fsp3) is 0.154. The first-order chi connectivity index (χ1) is 9.54. The predicted molar refractivity (Wildman–Crippen MR) is 80.9 cm³/mol. The van der Waals surface area contributed by atoms with Gasteiger partial charge in [0.2, 0.25) is 0 Å². The van der Waals surface area contributed by atoms with Gasteiger partial charge in [0.1, 0.15) is 11.1 Å². The van der Waals surface area contributed by atoms with E-state index >= 15 is 0 Å². The van der Waals surface area contributed by atoms with Crippen LogP contribution in [0.1, 0.15) is 11.3 Å². The molecule has 0 saturated heterocycles. The molecule has 0 amide bonds. The molecule has 2 aromatic heterocycles. The van der Waals surface area contributed by atoms with Crippen molar-refractivity contribution in [3.63, 3.8) is 0 Å². The number of aromatic nitrogens is 4. The van der Waals surface area contributed by atoms with Crippen LogP contribution < -0.4 is 4.52 Å². The second kappa shape index (κ2) is 5.16. The number of hydrogen-bond donors (Lipinski definition) is 1. The number of aryl methyl sites for hydroxylation is 1. The van der Waals surface area contributed by atoms with Crippen molar-refractivity contribution in [3.8, 4) is 0 Å². The molecule has 4 nitrogen and oxygen atoms in total. The molecule has 2 heterocycles. The summed E-state index contributed by atoms with van der Waals surface area (Å²) in [5.74, 6) is 0. The first-order valence-electron chi connectivity index (χ1n) is 5.95. The molecule has 0 bridgehead atoms. The summed E-state index contributed by atoms with van der Waals surface area (Å²) < 4.78 is 4.36. The number of benzene rings is 1. The summed E-state index contributed by atoms with van der Waals surface area (Å²) in [6.45, 7) is 2.49. The monoisotopic (exact) mass is 325 g/mol. The Hall–Kier alpha value is -1.43. The minimum Gasteiger partial charge on any atom is -0.249 e. The molecule has 0 unspecified atom stereocenters. The van der Waals surface area contributed by atoms with E-state index in [1.165, 1.54) is 0 Å². The Morgan fingerprint density at radius 3 is 2.90 bits per heavy atom. The van der Waals surface area contributed by atoms with E-state index in [1.54, 1.807) is 12.4 Å². The van der Waals surface area contributed by atoms with E-state index in [-0.39, 0.29) is 0 Å². The molecular weight excluding hydrogens is 315 g/mol. The summed E-state index contributed by atoms with van der Waals surface area (Å²) in [7, 11) is 0. The molecule has 0 fully saturated rings. The van der Waals surface area contributed by atoms with Crippen LogP contribution in [-0.4, -0.2) is 14.9 Å². The first kappa shape index (κ1) is 13.5. The minimum absolute atomic E-state index is 0.535. The zero-order chi connectivity index (χ0) is 14.3. The molecule has 102 valence electrons. The van der Waals surface area contributed by atoms with Crippen LogP contribution in [-0.2, 0) is 6.54 Å². The van der Waals surface area contributed by atoms with Crippen LogP contribution in [0.25, 0.3) is 5.65 Å². The van der Waals surface area contributed by atoms with Crippen LogP contribution >= 0.6 is 35.4 Å². The molecule has 0 aliphatic rings. The van der Waals surface area contributed by atoms with Gasteiger partial charge in [0.25, 0.3) is 6.33 Å². The fourth-order valence-corrected chi connectivity index (χ4v) is 2.93. The van der Waals surface area contributed by atoms with Crippen molar-refractivity contribution in [2.45, 2.75) is 13.5 Å². The van der Waals surface area contributed by atoms with E-state index in [4.69, 9.17) is 35.4 Å². The van der Waals surface area contributed by atoms with Crippen molar-refractivity contribution in [1.82, 2.24) is 14.9 Å². The van der Waals surface area contributed by atoms with Gasteiger partial charge in [-0.1, -0.05) is 41.5 Å². The van der Waals surface area contributed by atoms with E-state index in [9.17, 15) is 0 Å².